The van der Waals surface area contributed by atoms with E-state index in [-0.39, 0.29) is 19.1 Å². The first-order valence-electron chi connectivity index (χ1n) is 18.6. The van der Waals surface area contributed by atoms with E-state index >= 15 is 0 Å². The monoisotopic (exact) mass is 768 g/mol. The molecule has 4 N–H and O–H groups in total. The largest absolute Gasteiger partial charge is 0.505 e. The van der Waals surface area contributed by atoms with E-state index in [0.717, 1.165) is 72.3 Å². The summed E-state index contributed by atoms with van der Waals surface area (Å²) in [5, 5.41) is 41.0. The van der Waals surface area contributed by atoms with Crippen LogP contribution in [-0.4, -0.2) is 30.9 Å². The fourth-order valence-electron chi connectivity index (χ4n) is 6.86. The van der Waals surface area contributed by atoms with Crippen molar-refractivity contribution in [3.05, 3.63) is 151 Å². The van der Waals surface area contributed by atoms with Crippen molar-refractivity contribution in [3.63, 3.8) is 0 Å². The van der Waals surface area contributed by atoms with Crippen LogP contribution in [-0.2, 0) is 16.3 Å². The Hall–Kier alpha value is -7.32. The number of fused-ring (bicyclic) bond motifs is 5. The molecule has 13 nitrogen and oxygen atoms in total. The molecule has 0 saturated heterocycles. The number of aryl methyl sites for hydroxylation is 1. The minimum Gasteiger partial charge on any atom is -0.505 e. The average molecular weight is 769 g/mol. The van der Waals surface area contributed by atoms with Gasteiger partial charge in [-0.05, 0) is 115 Å². The van der Waals surface area contributed by atoms with Crippen LogP contribution in [0.4, 0.5) is 45.5 Å². The van der Waals surface area contributed by atoms with Crippen LogP contribution < -0.4 is 15.9 Å². The van der Waals surface area contributed by atoms with E-state index in [1.165, 1.54) is 0 Å². The zero-order chi connectivity index (χ0) is 39.8. The molecule has 0 amide bonds. The van der Waals surface area contributed by atoms with Crippen LogP contribution in [0.5, 0.6) is 5.75 Å². The molecule has 0 fully saturated rings. The van der Waals surface area contributed by atoms with E-state index < -0.39 is 0 Å². The smallest absolute Gasteiger partial charge is 0.149 e. The molecule has 13 heteroatoms. The van der Waals surface area contributed by atoms with Gasteiger partial charge in [-0.2, -0.15) is 31.1 Å². The maximum Gasteiger partial charge on any atom is 0.149 e. The van der Waals surface area contributed by atoms with E-state index in [2.05, 4.69) is 58.5 Å². The Balaban J connectivity index is 1.10. The molecule has 0 aliphatic carbocycles. The van der Waals surface area contributed by atoms with Crippen molar-refractivity contribution in [2.24, 2.45) is 30.7 Å². The lowest BCUT2D eigenvalue weighted by atomic mass is 10.0. The Labute approximate surface area is 334 Å². The van der Waals surface area contributed by atoms with Gasteiger partial charge < -0.3 is 15.0 Å². The van der Waals surface area contributed by atoms with Crippen molar-refractivity contribution in [1.82, 2.24) is 10.5 Å². The van der Waals surface area contributed by atoms with Crippen molar-refractivity contribution >= 4 is 78.1 Å². The molecule has 0 aliphatic rings. The number of rotatable bonds is 14. The Bertz CT molecular complexity index is 2730. The average Bonchev–Trinajstić information content (AvgIpc) is 3.63. The molecule has 0 aliphatic heterocycles. The summed E-state index contributed by atoms with van der Waals surface area (Å²) in [6.07, 6.45) is 0. The van der Waals surface area contributed by atoms with E-state index in [1.807, 2.05) is 134 Å². The van der Waals surface area contributed by atoms with Gasteiger partial charge in [0.1, 0.15) is 18.2 Å². The molecule has 0 atom stereocenters. The molecule has 0 bridgehead atoms. The van der Waals surface area contributed by atoms with Crippen LogP contribution >= 0.6 is 0 Å². The highest BCUT2D eigenvalue weighted by Crippen LogP contribution is 2.44. The minimum atomic E-state index is -0.0390. The van der Waals surface area contributed by atoms with Crippen LogP contribution in [0.15, 0.2) is 170 Å². The number of H-pyrrole nitrogens is 1. The maximum absolute atomic E-state index is 11.8. The van der Waals surface area contributed by atoms with Crippen LogP contribution in [0.1, 0.15) is 11.1 Å². The van der Waals surface area contributed by atoms with Crippen LogP contribution in [0, 0.1) is 6.92 Å². The van der Waals surface area contributed by atoms with Gasteiger partial charge in [0, 0.05) is 58.4 Å². The van der Waals surface area contributed by atoms with Crippen molar-refractivity contribution in [2.45, 2.75) is 13.5 Å². The van der Waals surface area contributed by atoms with Crippen LogP contribution in [0.25, 0.3) is 32.6 Å². The number of aromatic nitrogens is 1. The van der Waals surface area contributed by atoms with Gasteiger partial charge in [-0.25, -0.2) is 0 Å². The third-order valence-corrected chi connectivity index (χ3v) is 9.50. The summed E-state index contributed by atoms with van der Waals surface area (Å²) in [6.45, 7) is 2.11. The number of aromatic amines is 1. The Kier molecular flexibility index (Phi) is 11.2. The SMILES string of the molecule is CN=Nc1ccc(N(c2ccc(N=NC)cc2)c2ccc(N=Nc3c(O)c(CONCONc4cccc(C)c4)cc4ccc5c6ccccc6[nH]c5c34)cc2)cc1. The number of phenols is 1. The Morgan fingerprint density at radius 3 is 1.91 bits per heavy atom. The number of benzene rings is 7. The number of azo groups is 3. The molecule has 8 rings (SSSR count). The van der Waals surface area contributed by atoms with Gasteiger partial charge >= 0.3 is 0 Å². The first-order valence-corrected chi connectivity index (χ1v) is 18.6. The van der Waals surface area contributed by atoms with Gasteiger partial charge in [0.05, 0.1) is 34.9 Å². The topological polar surface area (TPSA) is 156 Å². The molecular weight excluding hydrogens is 729 g/mol. The second-order valence-corrected chi connectivity index (χ2v) is 13.4. The number of hydrogen-bond donors (Lipinski definition) is 4. The van der Waals surface area contributed by atoms with Gasteiger partial charge in [-0.1, -0.05) is 42.5 Å². The van der Waals surface area contributed by atoms with Crippen LogP contribution in [0.2, 0.25) is 0 Å². The quantitative estimate of drug-likeness (QED) is 0.0373. The van der Waals surface area contributed by atoms with Gasteiger partial charge in [0.2, 0.25) is 0 Å². The summed E-state index contributed by atoms with van der Waals surface area (Å²) < 4.78 is 0. The van der Waals surface area contributed by atoms with Gasteiger partial charge in [0.25, 0.3) is 0 Å². The maximum atomic E-state index is 11.8. The molecule has 7 aromatic carbocycles. The van der Waals surface area contributed by atoms with Gasteiger partial charge in [-0.3, -0.25) is 15.2 Å². The number of nitrogens with zero attached hydrogens (tertiary/aromatic N) is 7. The summed E-state index contributed by atoms with van der Waals surface area (Å²) in [4.78, 5) is 16.9. The zero-order valence-corrected chi connectivity index (χ0v) is 32.1. The number of phenolic OH excluding ortho intramolecular Hbond substituents is 1. The second-order valence-electron chi connectivity index (χ2n) is 13.4. The molecule has 1 aromatic heterocycles. The summed E-state index contributed by atoms with van der Waals surface area (Å²) in [5.74, 6) is -0.0390. The number of anilines is 4. The van der Waals surface area contributed by atoms with E-state index in [0.29, 0.717) is 16.9 Å². The van der Waals surface area contributed by atoms with Gasteiger partial charge in [-0.15, -0.1) is 5.11 Å². The normalized spacial score (nSPS) is 11.9. The number of para-hydroxylation sites is 1. The molecule has 58 heavy (non-hydrogen) atoms. The summed E-state index contributed by atoms with van der Waals surface area (Å²) >= 11 is 0. The van der Waals surface area contributed by atoms with Crippen molar-refractivity contribution in [1.29, 1.82) is 0 Å². The molecule has 0 spiro atoms. The Morgan fingerprint density at radius 1 is 0.638 bits per heavy atom. The summed E-state index contributed by atoms with van der Waals surface area (Å²) in [6, 6.07) is 45.4. The van der Waals surface area contributed by atoms with Gasteiger partial charge in [0.15, 0.2) is 0 Å². The van der Waals surface area contributed by atoms with E-state index in [1.54, 1.807) is 14.1 Å². The third kappa shape index (κ3) is 8.13. The molecule has 0 saturated carbocycles. The minimum absolute atomic E-state index is 0.0390. The Morgan fingerprint density at radius 2 is 1.28 bits per heavy atom. The highest BCUT2D eigenvalue weighted by molar-refractivity contribution is 6.20. The summed E-state index contributed by atoms with van der Waals surface area (Å²) in [7, 11) is 3.29. The van der Waals surface area contributed by atoms with Crippen molar-refractivity contribution in [3.8, 4) is 5.75 Å². The highest BCUT2D eigenvalue weighted by Gasteiger charge is 2.19. The van der Waals surface area contributed by atoms with Crippen molar-refractivity contribution < 1.29 is 14.8 Å². The first kappa shape index (κ1) is 37.6. The number of hydrogen-bond acceptors (Lipinski definition) is 12. The standard InChI is InChI=1S/C45H40N10O3/c1-29-7-6-8-35(25-29)54-58-28-48-57-27-31-26-30-11-24-40-39-9-4-5-10-41(39)49-43(40)42(30)44(45(31)56)53-52-34-16-22-38(23-17-34)55(36-18-12-32(13-19-36)50-46-2)37-20-14-33(15-21-37)51-47-3/h4-26,48-49,54,56H,27-28H2,1-3H3. The second kappa shape index (κ2) is 17.2. The predicted octanol–water partition coefficient (Wildman–Crippen LogP) is 12.8. The lowest BCUT2D eigenvalue weighted by molar-refractivity contribution is -0.0299. The number of hydroxylamine groups is 1. The zero-order valence-electron chi connectivity index (χ0n) is 32.1. The third-order valence-electron chi connectivity index (χ3n) is 9.50. The fraction of sp³-hybridized carbons (Fsp3) is 0.111. The van der Waals surface area contributed by atoms with E-state index in [4.69, 9.17) is 14.8 Å². The van der Waals surface area contributed by atoms with Crippen LogP contribution in [0.3, 0.4) is 0 Å². The first-order chi connectivity index (χ1) is 28.5. The molecule has 0 unspecified atom stereocenters. The number of aromatic hydroxyl groups is 1. The van der Waals surface area contributed by atoms with Crippen molar-refractivity contribution in [2.75, 3.05) is 31.2 Å². The number of nitrogens with one attached hydrogen (secondary N) is 3. The molecule has 288 valence electrons. The highest BCUT2D eigenvalue weighted by atomic mass is 16.7. The lowest BCUT2D eigenvalue weighted by Crippen LogP contribution is -2.20. The predicted molar refractivity (Wildman–Crippen MR) is 230 cm³/mol. The molecule has 0 radical (unpaired) electrons. The molecular formula is C45H40N10O3. The van der Waals surface area contributed by atoms with E-state index in [9.17, 15) is 5.11 Å². The summed E-state index contributed by atoms with van der Waals surface area (Å²) in [5.41, 5.74) is 15.2. The molecule has 1 heterocycles. The fourth-order valence-corrected chi connectivity index (χ4v) is 6.86. The lowest BCUT2D eigenvalue weighted by Gasteiger charge is -2.25. The molecule has 8 aromatic rings.